The first kappa shape index (κ1) is 14.4. The van der Waals surface area contributed by atoms with E-state index in [2.05, 4.69) is 17.6 Å². The molecule has 1 rings (SSSR count). The number of ether oxygens (including phenoxy) is 1. The third-order valence-corrected chi connectivity index (χ3v) is 2.64. The zero-order valence-corrected chi connectivity index (χ0v) is 11.2. The van der Waals surface area contributed by atoms with Crippen molar-refractivity contribution in [3.63, 3.8) is 0 Å². The second-order valence-electron chi connectivity index (χ2n) is 4.17. The van der Waals surface area contributed by atoms with Crippen molar-refractivity contribution in [3.8, 4) is 5.75 Å². The number of benzene rings is 1. The molecule has 18 heavy (non-hydrogen) atoms. The van der Waals surface area contributed by atoms with E-state index in [0.29, 0.717) is 0 Å². The summed E-state index contributed by atoms with van der Waals surface area (Å²) < 4.78 is 5.09. The van der Waals surface area contributed by atoms with Crippen LogP contribution in [-0.4, -0.2) is 19.7 Å². The number of anilines is 1. The summed E-state index contributed by atoms with van der Waals surface area (Å²) in [5, 5.41) is 5.61. The molecule has 0 unspecified atom stereocenters. The number of nitrogens with one attached hydrogen (secondary N) is 2. The summed E-state index contributed by atoms with van der Waals surface area (Å²) in [5.74, 6) is 0.732. The molecule has 4 nitrogen and oxygen atoms in total. The second-order valence-corrected chi connectivity index (χ2v) is 4.17. The number of rotatable bonds is 7. The highest BCUT2D eigenvalue weighted by molar-refractivity contribution is 5.89. The third-order valence-electron chi connectivity index (χ3n) is 2.64. The van der Waals surface area contributed by atoms with E-state index in [1.807, 2.05) is 18.2 Å². The van der Waals surface area contributed by atoms with Crippen LogP contribution in [0.25, 0.3) is 0 Å². The Morgan fingerprint density at radius 2 is 2.11 bits per heavy atom. The molecule has 0 saturated heterocycles. The number of unbranched alkanes of at least 4 members (excludes halogenated alkanes) is 3. The number of urea groups is 1. The van der Waals surface area contributed by atoms with Gasteiger partial charge in [0.2, 0.25) is 0 Å². The average molecular weight is 250 g/mol. The first-order valence-corrected chi connectivity index (χ1v) is 6.45. The maximum Gasteiger partial charge on any atom is 0.319 e. The quantitative estimate of drug-likeness (QED) is 0.729. The predicted octanol–water partition coefficient (Wildman–Crippen LogP) is 3.40. The first-order chi connectivity index (χ1) is 8.76. The molecule has 1 aromatic carbocycles. The minimum absolute atomic E-state index is 0.167. The van der Waals surface area contributed by atoms with E-state index >= 15 is 0 Å². The fourth-order valence-electron chi connectivity index (χ4n) is 1.63. The summed E-state index contributed by atoms with van der Waals surface area (Å²) >= 11 is 0. The van der Waals surface area contributed by atoms with Crippen LogP contribution in [0.1, 0.15) is 32.6 Å². The lowest BCUT2D eigenvalue weighted by atomic mass is 10.2. The average Bonchev–Trinajstić information content (AvgIpc) is 2.38. The van der Waals surface area contributed by atoms with Crippen molar-refractivity contribution in [1.82, 2.24) is 5.32 Å². The molecule has 0 bridgehead atoms. The molecule has 0 aliphatic heterocycles. The molecule has 0 aromatic heterocycles. The van der Waals surface area contributed by atoms with Gasteiger partial charge in [-0.25, -0.2) is 4.79 Å². The molecule has 0 saturated carbocycles. The van der Waals surface area contributed by atoms with E-state index in [0.717, 1.165) is 30.8 Å². The van der Waals surface area contributed by atoms with Gasteiger partial charge < -0.3 is 15.4 Å². The topological polar surface area (TPSA) is 50.4 Å². The maximum absolute atomic E-state index is 11.6. The normalized spacial score (nSPS) is 9.89. The molecule has 0 aliphatic carbocycles. The molecule has 0 aliphatic rings. The lowest BCUT2D eigenvalue weighted by molar-refractivity contribution is 0.252. The number of amides is 2. The molecule has 0 heterocycles. The Morgan fingerprint density at radius 1 is 1.28 bits per heavy atom. The van der Waals surface area contributed by atoms with Crippen LogP contribution < -0.4 is 15.4 Å². The van der Waals surface area contributed by atoms with Gasteiger partial charge in [0.25, 0.3) is 0 Å². The molecule has 0 atom stereocenters. The Kier molecular flexibility index (Phi) is 6.69. The lowest BCUT2D eigenvalue weighted by Crippen LogP contribution is -2.29. The summed E-state index contributed by atoms with van der Waals surface area (Å²) in [4.78, 5) is 11.6. The minimum Gasteiger partial charge on any atom is -0.497 e. The maximum atomic E-state index is 11.6. The van der Waals surface area contributed by atoms with Gasteiger partial charge in [-0.05, 0) is 18.6 Å². The smallest absolute Gasteiger partial charge is 0.319 e. The Bertz CT molecular complexity index is 367. The van der Waals surface area contributed by atoms with E-state index in [1.54, 1.807) is 13.2 Å². The van der Waals surface area contributed by atoms with E-state index in [9.17, 15) is 4.79 Å². The van der Waals surface area contributed by atoms with Crippen molar-refractivity contribution in [2.75, 3.05) is 19.0 Å². The van der Waals surface area contributed by atoms with Crippen LogP contribution in [0, 0.1) is 0 Å². The van der Waals surface area contributed by atoms with Crippen LogP contribution in [0.15, 0.2) is 24.3 Å². The summed E-state index contributed by atoms with van der Waals surface area (Å²) in [6, 6.07) is 7.14. The van der Waals surface area contributed by atoms with Crippen LogP contribution >= 0.6 is 0 Å². The molecule has 4 heteroatoms. The van der Waals surface area contributed by atoms with Gasteiger partial charge in [-0.2, -0.15) is 0 Å². The molecule has 2 N–H and O–H groups in total. The Morgan fingerprint density at radius 3 is 2.83 bits per heavy atom. The lowest BCUT2D eigenvalue weighted by Gasteiger charge is -2.08. The van der Waals surface area contributed by atoms with Gasteiger partial charge in [0.05, 0.1) is 7.11 Å². The number of hydrogen-bond acceptors (Lipinski definition) is 2. The first-order valence-electron chi connectivity index (χ1n) is 6.45. The number of hydrogen-bond donors (Lipinski definition) is 2. The van der Waals surface area contributed by atoms with Gasteiger partial charge in [0.1, 0.15) is 5.75 Å². The van der Waals surface area contributed by atoms with Crippen LogP contribution in [-0.2, 0) is 0 Å². The van der Waals surface area contributed by atoms with Gasteiger partial charge in [0.15, 0.2) is 0 Å². The Labute approximate surface area is 109 Å². The summed E-state index contributed by atoms with van der Waals surface area (Å²) in [6.07, 6.45) is 4.62. The van der Waals surface area contributed by atoms with Crippen LogP contribution in [0.5, 0.6) is 5.75 Å². The van der Waals surface area contributed by atoms with E-state index in [-0.39, 0.29) is 6.03 Å². The Balaban J connectivity index is 2.26. The molecule has 1 aromatic rings. The molecular weight excluding hydrogens is 228 g/mol. The van der Waals surface area contributed by atoms with Gasteiger partial charge in [-0.3, -0.25) is 0 Å². The third kappa shape index (κ3) is 5.57. The molecule has 0 fully saturated rings. The van der Waals surface area contributed by atoms with Crippen molar-refractivity contribution >= 4 is 11.7 Å². The van der Waals surface area contributed by atoms with Crippen molar-refractivity contribution < 1.29 is 9.53 Å². The van der Waals surface area contributed by atoms with E-state index in [4.69, 9.17) is 4.74 Å². The van der Waals surface area contributed by atoms with Crippen LogP contribution in [0.4, 0.5) is 10.5 Å². The van der Waals surface area contributed by atoms with Crippen molar-refractivity contribution in [2.45, 2.75) is 32.6 Å². The second kappa shape index (κ2) is 8.39. The number of carbonyl (C=O) groups excluding carboxylic acids is 1. The summed E-state index contributed by atoms with van der Waals surface area (Å²) in [5.41, 5.74) is 0.736. The van der Waals surface area contributed by atoms with E-state index < -0.39 is 0 Å². The molecule has 2 amide bonds. The SMILES string of the molecule is CCCCCCNC(=O)Nc1cccc(OC)c1. The molecule has 0 radical (unpaired) electrons. The zero-order valence-electron chi connectivity index (χ0n) is 11.2. The Hall–Kier alpha value is -1.71. The number of methoxy groups -OCH3 is 1. The predicted molar refractivity (Wildman–Crippen MR) is 74.2 cm³/mol. The summed E-state index contributed by atoms with van der Waals surface area (Å²) in [7, 11) is 1.60. The summed E-state index contributed by atoms with van der Waals surface area (Å²) in [6.45, 7) is 2.89. The molecule has 0 spiro atoms. The van der Waals surface area contributed by atoms with Gasteiger partial charge >= 0.3 is 6.03 Å². The van der Waals surface area contributed by atoms with Gasteiger partial charge in [-0.15, -0.1) is 0 Å². The minimum atomic E-state index is -0.167. The van der Waals surface area contributed by atoms with Crippen molar-refractivity contribution in [3.05, 3.63) is 24.3 Å². The van der Waals surface area contributed by atoms with Crippen molar-refractivity contribution in [2.24, 2.45) is 0 Å². The van der Waals surface area contributed by atoms with Gasteiger partial charge in [-0.1, -0.05) is 32.3 Å². The largest absolute Gasteiger partial charge is 0.497 e. The monoisotopic (exact) mass is 250 g/mol. The highest BCUT2D eigenvalue weighted by Gasteiger charge is 2.01. The van der Waals surface area contributed by atoms with Crippen molar-refractivity contribution in [1.29, 1.82) is 0 Å². The highest BCUT2D eigenvalue weighted by Crippen LogP contribution is 2.16. The van der Waals surface area contributed by atoms with Gasteiger partial charge in [0, 0.05) is 18.3 Å². The van der Waals surface area contributed by atoms with Crippen LogP contribution in [0.2, 0.25) is 0 Å². The number of carbonyl (C=O) groups is 1. The molecule has 100 valence electrons. The van der Waals surface area contributed by atoms with E-state index in [1.165, 1.54) is 12.8 Å². The zero-order chi connectivity index (χ0) is 13.2. The highest BCUT2D eigenvalue weighted by atomic mass is 16.5. The molecular formula is C14H22N2O2. The fourth-order valence-corrected chi connectivity index (χ4v) is 1.63. The fraction of sp³-hybridized carbons (Fsp3) is 0.500. The van der Waals surface area contributed by atoms with Crippen LogP contribution in [0.3, 0.4) is 0 Å². The standard InChI is InChI=1S/C14H22N2O2/c1-3-4-5-6-10-15-14(17)16-12-8-7-9-13(11-12)18-2/h7-9,11H,3-6,10H2,1-2H3,(H2,15,16,17).